The number of carbonyl (C=O) groups excluding carboxylic acids is 2. The second kappa shape index (κ2) is 17.7. The summed E-state index contributed by atoms with van der Waals surface area (Å²) >= 11 is 0. The van der Waals surface area contributed by atoms with Crippen molar-refractivity contribution in [2.45, 2.75) is 181 Å². The Morgan fingerprint density at radius 2 is 0.886 bits per heavy atom. The van der Waals surface area contributed by atoms with Crippen LogP contribution >= 0.6 is 0 Å². The van der Waals surface area contributed by atoms with Gasteiger partial charge in [0.05, 0.1) is 0 Å². The van der Waals surface area contributed by atoms with Gasteiger partial charge in [-0.25, -0.2) is 0 Å². The molecule has 0 aromatic carbocycles. The van der Waals surface area contributed by atoms with E-state index in [2.05, 4.69) is 13.8 Å². The van der Waals surface area contributed by atoms with Gasteiger partial charge in [0.15, 0.2) is 11.6 Å². The van der Waals surface area contributed by atoms with Crippen molar-refractivity contribution in [2.75, 3.05) is 0 Å². The van der Waals surface area contributed by atoms with Gasteiger partial charge in [-0.1, -0.05) is 76.4 Å². The quantitative estimate of drug-likeness (QED) is 0.276. The molecule has 0 spiro atoms. The summed E-state index contributed by atoms with van der Waals surface area (Å²) in [6.07, 6.45) is 39.0. The van der Waals surface area contributed by atoms with E-state index in [1.807, 2.05) is 12.2 Å². The van der Waals surface area contributed by atoms with E-state index < -0.39 is 0 Å². The van der Waals surface area contributed by atoms with Crippen LogP contribution in [0.2, 0.25) is 0 Å². The normalized spacial score (nSPS) is 37.0. The van der Waals surface area contributed by atoms with Crippen molar-refractivity contribution < 1.29 is 9.59 Å². The first-order valence-corrected chi connectivity index (χ1v) is 20.0. The van der Waals surface area contributed by atoms with E-state index in [0.29, 0.717) is 11.6 Å². The van der Waals surface area contributed by atoms with Gasteiger partial charge < -0.3 is 0 Å². The molecule has 44 heavy (non-hydrogen) atoms. The van der Waals surface area contributed by atoms with Crippen molar-refractivity contribution in [3.63, 3.8) is 0 Å². The zero-order chi connectivity index (χ0) is 30.7. The maximum atomic E-state index is 11.7. The maximum Gasteiger partial charge on any atom is 0.155 e. The number of carbonyl (C=O) groups is 2. The fourth-order valence-electron chi connectivity index (χ4n) is 10.7. The monoisotopic (exact) mass is 605 g/mol. The fraction of sp³-hybridized carbons (Fsp3) is 0.857. The third-order valence-corrected chi connectivity index (χ3v) is 13.7. The van der Waals surface area contributed by atoms with Crippen molar-refractivity contribution in [3.8, 4) is 0 Å². The van der Waals surface area contributed by atoms with Crippen molar-refractivity contribution in [2.24, 2.45) is 47.3 Å². The number of hydrogen-bond acceptors (Lipinski definition) is 2. The van der Waals surface area contributed by atoms with Crippen LogP contribution in [0.4, 0.5) is 0 Å². The van der Waals surface area contributed by atoms with E-state index in [1.54, 1.807) is 0 Å². The van der Waals surface area contributed by atoms with Crippen molar-refractivity contribution >= 4 is 11.6 Å². The summed E-state index contributed by atoms with van der Waals surface area (Å²) in [5.74, 6) is 8.38. The molecule has 0 radical (unpaired) electrons. The molecular formula is C42H68O2. The van der Waals surface area contributed by atoms with Crippen LogP contribution in [0.3, 0.4) is 0 Å². The minimum absolute atomic E-state index is 0.385. The lowest BCUT2D eigenvalue weighted by Gasteiger charge is -2.38. The maximum absolute atomic E-state index is 11.7. The van der Waals surface area contributed by atoms with Crippen molar-refractivity contribution in [1.29, 1.82) is 0 Å². The Labute approximate surface area is 272 Å². The Balaban J connectivity index is 0.000000175. The first kappa shape index (κ1) is 34.2. The third-order valence-electron chi connectivity index (χ3n) is 13.7. The Morgan fingerprint density at radius 1 is 0.500 bits per heavy atom. The smallest absolute Gasteiger partial charge is 0.155 e. The number of hydrogen-bond donors (Lipinski definition) is 0. The molecule has 2 nitrogen and oxygen atoms in total. The number of allylic oxidation sites excluding steroid dienone is 4. The van der Waals surface area contributed by atoms with Gasteiger partial charge in [-0.15, -0.1) is 0 Å². The Hall–Kier alpha value is -1.18. The van der Waals surface area contributed by atoms with Crippen LogP contribution in [0.15, 0.2) is 23.3 Å². The molecule has 0 bridgehead atoms. The van der Waals surface area contributed by atoms with Gasteiger partial charge in [0.1, 0.15) is 0 Å². The SMILES string of the molecule is CCC1CCC(C2CCC(C3=CC(=O)CCC3)CC2)CC1.CCCCC1CCC(C2CCC(C3=CC(=O)CCC3)CC2)CC1. The Kier molecular flexibility index (Phi) is 13.7. The molecule has 0 atom stereocenters. The second-order valence-corrected chi connectivity index (χ2v) is 16.4. The van der Waals surface area contributed by atoms with E-state index in [-0.39, 0.29) is 0 Å². The predicted octanol–water partition coefficient (Wildman–Crippen LogP) is 12.2. The second-order valence-electron chi connectivity index (χ2n) is 16.4. The van der Waals surface area contributed by atoms with E-state index in [9.17, 15) is 9.59 Å². The van der Waals surface area contributed by atoms with Crippen molar-refractivity contribution in [1.82, 2.24) is 0 Å². The molecule has 0 amide bonds. The first-order valence-electron chi connectivity index (χ1n) is 20.0. The van der Waals surface area contributed by atoms with E-state index >= 15 is 0 Å². The predicted molar refractivity (Wildman–Crippen MR) is 185 cm³/mol. The summed E-state index contributed by atoms with van der Waals surface area (Å²) in [6.45, 7) is 4.68. The highest BCUT2D eigenvalue weighted by Crippen LogP contribution is 2.46. The zero-order valence-corrected chi connectivity index (χ0v) is 29.0. The molecule has 0 aromatic rings. The van der Waals surface area contributed by atoms with E-state index in [4.69, 9.17) is 0 Å². The van der Waals surface area contributed by atoms with Crippen LogP contribution in [0.1, 0.15) is 181 Å². The minimum Gasteiger partial charge on any atom is -0.295 e. The summed E-state index contributed by atoms with van der Waals surface area (Å²) in [6, 6.07) is 0. The van der Waals surface area contributed by atoms with E-state index in [1.165, 1.54) is 152 Å². The molecule has 6 aliphatic rings. The van der Waals surface area contributed by atoms with Gasteiger partial charge in [-0.05, 0) is 162 Å². The van der Waals surface area contributed by atoms with Gasteiger partial charge in [-0.3, -0.25) is 9.59 Å². The van der Waals surface area contributed by atoms with Crippen LogP contribution < -0.4 is 0 Å². The van der Waals surface area contributed by atoms with Crippen LogP contribution in [0.25, 0.3) is 0 Å². The van der Waals surface area contributed by atoms with E-state index in [0.717, 1.165) is 73.0 Å². The van der Waals surface area contributed by atoms with Gasteiger partial charge >= 0.3 is 0 Å². The van der Waals surface area contributed by atoms with Gasteiger partial charge in [0.2, 0.25) is 0 Å². The number of ketones is 2. The van der Waals surface area contributed by atoms with Gasteiger partial charge in [-0.2, -0.15) is 0 Å². The standard InChI is InChI=1S/C22H36O.C20H32O/c1-2-3-5-17-8-10-18(11-9-17)19-12-14-20(15-13-19)21-6-4-7-22(23)16-21;1-2-15-6-8-16(9-7-15)17-10-12-18(13-11-17)19-4-3-5-20(21)14-19/h16-20H,2-15H2,1H3;14-18H,2-13H2,1H3. The molecule has 0 aliphatic heterocycles. The Morgan fingerprint density at radius 3 is 1.25 bits per heavy atom. The average molecular weight is 605 g/mol. The highest BCUT2D eigenvalue weighted by Gasteiger charge is 2.33. The molecule has 0 saturated heterocycles. The lowest BCUT2D eigenvalue weighted by atomic mass is 9.67. The van der Waals surface area contributed by atoms with Gasteiger partial charge in [0, 0.05) is 12.8 Å². The lowest BCUT2D eigenvalue weighted by molar-refractivity contribution is -0.115. The molecule has 4 fully saturated rings. The van der Waals surface area contributed by atoms with Crippen LogP contribution in [-0.2, 0) is 9.59 Å². The molecule has 0 heterocycles. The average Bonchev–Trinajstić information content (AvgIpc) is 3.08. The van der Waals surface area contributed by atoms with Crippen LogP contribution in [0, 0.1) is 47.3 Å². The van der Waals surface area contributed by atoms with Crippen LogP contribution in [-0.4, -0.2) is 11.6 Å². The summed E-state index contributed by atoms with van der Waals surface area (Å²) in [5, 5.41) is 0. The summed E-state index contributed by atoms with van der Waals surface area (Å²) in [5.41, 5.74) is 3.00. The lowest BCUT2D eigenvalue weighted by Crippen LogP contribution is -2.26. The number of unbranched alkanes of at least 4 members (excludes halogenated alkanes) is 1. The summed E-state index contributed by atoms with van der Waals surface area (Å²) < 4.78 is 0. The molecular weight excluding hydrogens is 536 g/mol. The molecule has 0 unspecified atom stereocenters. The van der Waals surface area contributed by atoms with Crippen molar-refractivity contribution in [3.05, 3.63) is 23.3 Å². The Bertz CT molecular complexity index is 940. The zero-order valence-electron chi connectivity index (χ0n) is 29.0. The van der Waals surface area contributed by atoms with Crippen LogP contribution in [0.5, 0.6) is 0 Å². The highest BCUT2D eigenvalue weighted by molar-refractivity contribution is 5.91. The molecule has 0 aromatic heterocycles. The molecule has 4 saturated carbocycles. The first-order chi connectivity index (χ1) is 21.5. The molecule has 6 rings (SSSR count). The van der Waals surface area contributed by atoms with Gasteiger partial charge in [0.25, 0.3) is 0 Å². The number of rotatable bonds is 8. The molecule has 0 N–H and O–H groups in total. The topological polar surface area (TPSA) is 34.1 Å². The summed E-state index contributed by atoms with van der Waals surface area (Å²) in [7, 11) is 0. The summed E-state index contributed by atoms with van der Waals surface area (Å²) in [4.78, 5) is 23.3. The fourth-order valence-corrected chi connectivity index (χ4v) is 10.7. The molecule has 6 aliphatic carbocycles. The third kappa shape index (κ3) is 9.91. The highest BCUT2D eigenvalue weighted by atomic mass is 16.1. The minimum atomic E-state index is 0.385. The molecule has 2 heteroatoms. The molecule has 248 valence electrons. The largest absolute Gasteiger partial charge is 0.295 e.